The predicted molar refractivity (Wildman–Crippen MR) is 88.5 cm³/mol. The lowest BCUT2D eigenvalue weighted by atomic mass is 9.87. The minimum absolute atomic E-state index is 0.00373. The van der Waals surface area contributed by atoms with Crippen LogP contribution < -0.4 is 5.73 Å². The van der Waals surface area contributed by atoms with Gasteiger partial charge >= 0.3 is 0 Å². The minimum atomic E-state index is 0.00373. The zero-order valence-electron chi connectivity index (χ0n) is 14.6. The molecule has 4 rings (SSSR count). The highest BCUT2D eigenvalue weighted by molar-refractivity contribution is 5.11. The third kappa shape index (κ3) is 2.34. The lowest BCUT2D eigenvalue weighted by Crippen LogP contribution is -2.49. The van der Waals surface area contributed by atoms with Crippen LogP contribution in [0.5, 0.6) is 0 Å². The molecule has 0 aromatic rings. The zero-order chi connectivity index (χ0) is 15.9. The lowest BCUT2D eigenvalue weighted by Gasteiger charge is -2.42. The summed E-state index contributed by atoms with van der Waals surface area (Å²) in [6.45, 7) is 14.2. The van der Waals surface area contributed by atoms with Crippen molar-refractivity contribution in [3.05, 3.63) is 0 Å². The maximum atomic E-state index is 9.74. The molecule has 0 aromatic carbocycles. The molecule has 4 fully saturated rings. The number of aliphatic hydroxyl groups excluding tert-OH is 1. The van der Waals surface area contributed by atoms with Gasteiger partial charge in [0.25, 0.3) is 0 Å². The Bertz CT molecular complexity index is 397. The van der Waals surface area contributed by atoms with Crippen molar-refractivity contribution in [2.45, 2.75) is 63.8 Å². The van der Waals surface area contributed by atoms with Crippen molar-refractivity contribution in [1.82, 2.24) is 9.80 Å². The van der Waals surface area contributed by atoms with E-state index >= 15 is 0 Å². The summed E-state index contributed by atoms with van der Waals surface area (Å²) in [6, 6.07) is 0.492. The molecule has 2 heterocycles. The number of hydrogen-bond acceptors (Lipinski definition) is 4. The lowest BCUT2D eigenvalue weighted by molar-refractivity contribution is 0.0663. The summed E-state index contributed by atoms with van der Waals surface area (Å²) in [6.07, 6.45) is 2.47. The van der Waals surface area contributed by atoms with Crippen LogP contribution in [0.2, 0.25) is 0 Å². The van der Waals surface area contributed by atoms with Gasteiger partial charge in [-0.2, -0.15) is 0 Å². The number of likely N-dealkylation sites (tertiary alicyclic amines) is 2. The van der Waals surface area contributed by atoms with E-state index in [0.29, 0.717) is 17.9 Å². The molecule has 4 unspecified atom stereocenters. The van der Waals surface area contributed by atoms with E-state index in [1.165, 1.54) is 25.9 Å². The molecule has 0 spiro atoms. The van der Waals surface area contributed by atoms with Gasteiger partial charge in [0, 0.05) is 55.1 Å². The second kappa shape index (κ2) is 4.69. The Morgan fingerprint density at radius 3 is 1.59 bits per heavy atom. The Labute approximate surface area is 135 Å². The largest absolute Gasteiger partial charge is 0.392 e. The number of aliphatic hydroxyl groups is 1. The standard InChI is InChI=1S/C18H33N3O/c1-17(2,20-7-11-12(8-20)15(11)19)5-6-18(3,4)21-9-13-14(10-21)16(13)22/h11-16,22H,5-10,19H2,1-4H3. The maximum absolute atomic E-state index is 9.74. The summed E-state index contributed by atoms with van der Waals surface area (Å²) in [7, 11) is 0. The third-order valence-electron chi connectivity index (χ3n) is 7.47. The highest BCUT2D eigenvalue weighted by Gasteiger charge is 2.58. The molecule has 0 radical (unpaired) electrons. The number of nitrogens with zero attached hydrogens (tertiary/aromatic N) is 2. The molecule has 3 N–H and O–H groups in total. The fourth-order valence-corrected chi connectivity index (χ4v) is 4.98. The molecule has 126 valence electrons. The molecule has 0 amide bonds. The van der Waals surface area contributed by atoms with Crippen molar-refractivity contribution in [3.63, 3.8) is 0 Å². The molecule has 2 saturated carbocycles. The first kappa shape index (κ1) is 15.4. The smallest absolute Gasteiger partial charge is 0.0629 e. The van der Waals surface area contributed by atoms with Gasteiger partial charge < -0.3 is 10.8 Å². The number of hydrogen-bond donors (Lipinski definition) is 2. The molecule has 4 heteroatoms. The van der Waals surface area contributed by atoms with E-state index in [-0.39, 0.29) is 17.2 Å². The van der Waals surface area contributed by atoms with Gasteiger partial charge in [0.05, 0.1) is 6.10 Å². The van der Waals surface area contributed by atoms with Gasteiger partial charge in [0.2, 0.25) is 0 Å². The Kier molecular flexibility index (Phi) is 3.27. The summed E-state index contributed by atoms with van der Waals surface area (Å²) < 4.78 is 0. The van der Waals surface area contributed by atoms with E-state index in [2.05, 4.69) is 37.5 Å². The first-order chi connectivity index (χ1) is 10.2. The van der Waals surface area contributed by atoms with Crippen LogP contribution in [0.15, 0.2) is 0 Å². The Balaban J connectivity index is 1.30. The Morgan fingerprint density at radius 2 is 1.18 bits per heavy atom. The van der Waals surface area contributed by atoms with E-state index < -0.39 is 0 Å². The molecule has 2 aliphatic carbocycles. The zero-order valence-corrected chi connectivity index (χ0v) is 14.6. The molecule has 0 bridgehead atoms. The summed E-state index contributed by atoms with van der Waals surface area (Å²) >= 11 is 0. The predicted octanol–water partition coefficient (Wildman–Crippen LogP) is 1.14. The summed E-state index contributed by atoms with van der Waals surface area (Å²) in [5, 5.41) is 9.74. The fraction of sp³-hybridized carbons (Fsp3) is 1.00. The second-order valence-electron chi connectivity index (χ2n) is 9.66. The molecular weight excluding hydrogens is 274 g/mol. The average molecular weight is 307 g/mol. The highest BCUT2D eigenvalue weighted by atomic mass is 16.3. The summed E-state index contributed by atoms with van der Waals surface area (Å²) in [4.78, 5) is 5.29. The number of rotatable bonds is 5. The topological polar surface area (TPSA) is 52.7 Å². The molecule has 22 heavy (non-hydrogen) atoms. The summed E-state index contributed by atoms with van der Waals surface area (Å²) in [5.41, 5.74) is 6.62. The van der Waals surface area contributed by atoms with E-state index in [1.54, 1.807) is 0 Å². The average Bonchev–Trinajstić information content (AvgIpc) is 3.10. The molecule has 2 aliphatic heterocycles. The normalized spacial score (nSPS) is 45.0. The van der Waals surface area contributed by atoms with Crippen LogP contribution in [-0.4, -0.2) is 64.3 Å². The van der Waals surface area contributed by atoms with E-state index in [4.69, 9.17) is 5.73 Å². The van der Waals surface area contributed by atoms with Crippen LogP contribution in [0.25, 0.3) is 0 Å². The summed E-state index contributed by atoms with van der Waals surface area (Å²) in [5.74, 6) is 2.69. The molecule has 0 aromatic heterocycles. The van der Waals surface area contributed by atoms with Crippen molar-refractivity contribution in [1.29, 1.82) is 0 Å². The van der Waals surface area contributed by atoms with Crippen molar-refractivity contribution in [3.8, 4) is 0 Å². The first-order valence-electron chi connectivity index (χ1n) is 9.14. The first-order valence-corrected chi connectivity index (χ1v) is 9.14. The molecular formula is C18H33N3O. The van der Waals surface area contributed by atoms with Crippen molar-refractivity contribution < 1.29 is 5.11 Å². The van der Waals surface area contributed by atoms with E-state index in [0.717, 1.165) is 24.9 Å². The fourth-order valence-electron chi connectivity index (χ4n) is 4.98. The van der Waals surface area contributed by atoms with Gasteiger partial charge in [-0.1, -0.05) is 0 Å². The van der Waals surface area contributed by atoms with Crippen molar-refractivity contribution in [2.24, 2.45) is 29.4 Å². The van der Waals surface area contributed by atoms with Crippen LogP contribution in [0, 0.1) is 23.7 Å². The molecule has 4 aliphatic rings. The minimum Gasteiger partial charge on any atom is -0.392 e. The molecule has 2 saturated heterocycles. The van der Waals surface area contributed by atoms with Gasteiger partial charge in [-0.25, -0.2) is 0 Å². The van der Waals surface area contributed by atoms with E-state index in [1.807, 2.05) is 0 Å². The van der Waals surface area contributed by atoms with Crippen molar-refractivity contribution >= 4 is 0 Å². The van der Waals surface area contributed by atoms with Crippen LogP contribution in [0.4, 0.5) is 0 Å². The Hall–Kier alpha value is -0.160. The van der Waals surface area contributed by atoms with Crippen LogP contribution in [0.3, 0.4) is 0 Å². The maximum Gasteiger partial charge on any atom is 0.0629 e. The van der Waals surface area contributed by atoms with Gasteiger partial charge in [-0.05, 0) is 52.4 Å². The highest BCUT2D eigenvalue weighted by Crippen LogP contribution is 2.49. The number of fused-ring (bicyclic) bond motifs is 2. The van der Waals surface area contributed by atoms with Gasteiger partial charge in [-0.15, -0.1) is 0 Å². The van der Waals surface area contributed by atoms with Crippen LogP contribution >= 0.6 is 0 Å². The van der Waals surface area contributed by atoms with Gasteiger partial charge in [0.1, 0.15) is 0 Å². The van der Waals surface area contributed by atoms with Crippen molar-refractivity contribution in [2.75, 3.05) is 26.2 Å². The SMILES string of the molecule is CC(C)(CCC(C)(C)N1CC2C(O)C2C1)N1CC2C(N)C2C1. The third-order valence-corrected chi connectivity index (χ3v) is 7.47. The monoisotopic (exact) mass is 307 g/mol. The molecule has 4 atom stereocenters. The van der Waals surface area contributed by atoms with Crippen LogP contribution in [-0.2, 0) is 0 Å². The molecule has 4 nitrogen and oxygen atoms in total. The van der Waals surface area contributed by atoms with E-state index in [9.17, 15) is 5.11 Å². The second-order valence-corrected chi connectivity index (χ2v) is 9.66. The number of piperidine rings is 2. The number of nitrogens with two attached hydrogens (primary N) is 1. The quantitative estimate of drug-likeness (QED) is 0.800. The Morgan fingerprint density at radius 1 is 0.818 bits per heavy atom. The van der Waals surface area contributed by atoms with Gasteiger partial charge in [-0.3, -0.25) is 9.80 Å². The van der Waals surface area contributed by atoms with Gasteiger partial charge in [0.15, 0.2) is 0 Å². The van der Waals surface area contributed by atoms with Crippen LogP contribution in [0.1, 0.15) is 40.5 Å².